The Morgan fingerprint density at radius 3 is 2.78 bits per heavy atom. The Bertz CT molecular complexity index is 472. The van der Waals surface area contributed by atoms with Crippen LogP contribution in [0.5, 0.6) is 5.75 Å². The summed E-state index contributed by atoms with van der Waals surface area (Å²) in [4.78, 5) is 10.7. The van der Waals surface area contributed by atoms with Crippen LogP contribution in [0.4, 0.5) is 0 Å². The maximum atomic E-state index is 10.7. The van der Waals surface area contributed by atoms with Crippen molar-refractivity contribution in [3.63, 3.8) is 0 Å². The zero-order valence-corrected chi connectivity index (χ0v) is 10.9. The van der Waals surface area contributed by atoms with Gasteiger partial charge in [0.2, 0.25) is 0 Å². The monoisotopic (exact) mass is 269 g/mol. The van der Waals surface area contributed by atoms with Crippen LogP contribution in [0.25, 0.3) is 0 Å². The fraction of sp³-hybridized carbons (Fsp3) is 0.462. The molecule has 1 aliphatic rings. The molecule has 0 aromatic heterocycles. The summed E-state index contributed by atoms with van der Waals surface area (Å²) >= 11 is 6.25. The maximum absolute atomic E-state index is 10.7. The number of carboxylic acid groups (broad SMARTS) is 1. The van der Waals surface area contributed by atoms with E-state index in [0.29, 0.717) is 22.3 Å². The number of nitrogens with two attached hydrogens (primary N) is 1. The fourth-order valence-corrected chi connectivity index (χ4v) is 2.44. The number of rotatable bonds is 5. The number of aliphatic carboxylic acids is 1. The van der Waals surface area contributed by atoms with Gasteiger partial charge in [-0.25, -0.2) is 0 Å². The highest BCUT2D eigenvalue weighted by Gasteiger charge is 2.30. The van der Waals surface area contributed by atoms with Crippen LogP contribution in [-0.4, -0.2) is 18.2 Å². The highest BCUT2D eigenvalue weighted by Crippen LogP contribution is 2.48. The summed E-state index contributed by atoms with van der Waals surface area (Å²) in [6.07, 6.45) is 2.12. The number of ether oxygens (including phenoxy) is 1. The lowest BCUT2D eigenvalue weighted by Crippen LogP contribution is -2.15. The van der Waals surface area contributed by atoms with Crippen LogP contribution in [-0.2, 0) is 4.79 Å². The van der Waals surface area contributed by atoms with Crippen molar-refractivity contribution in [2.24, 2.45) is 5.73 Å². The minimum Gasteiger partial charge on any atom is -0.496 e. The first-order chi connectivity index (χ1) is 8.52. The molecule has 0 bridgehead atoms. The van der Waals surface area contributed by atoms with Crippen LogP contribution in [0.3, 0.4) is 0 Å². The average molecular weight is 270 g/mol. The van der Waals surface area contributed by atoms with Crippen molar-refractivity contribution in [1.82, 2.24) is 0 Å². The highest BCUT2D eigenvalue weighted by atomic mass is 35.5. The molecule has 0 aliphatic heterocycles. The minimum atomic E-state index is -0.927. The predicted octanol–water partition coefficient (Wildman–Crippen LogP) is 2.70. The van der Waals surface area contributed by atoms with E-state index in [1.807, 2.05) is 0 Å². The van der Waals surface area contributed by atoms with Gasteiger partial charge in [0, 0.05) is 16.6 Å². The highest BCUT2D eigenvalue weighted by molar-refractivity contribution is 6.31. The van der Waals surface area contributed by atoms with Crippen LogP contribution in [0, 0.1) is 0 Å². The first-order valence-corrected chi connectivity index (χ1v) is 6.25. The third-order valence-corrected chi connectivity index (χ3v) is 3.45. The Morgan fingerprint density at radius 2 is 2.28 bits per heavy atom. The van der Waals surface area contributed by atoms with Crippen molar-refractivity contribution in [3.05, 3.63) is 28.3 Å². The Balaban J connectivity index is 2.32. The lowest BCUT2D eigenvalue weighted by atomic mass is 10.00. The molecule has 0 spiro atoms. The third-order valence-electron chi connectivity index (χ3n) is 3.14. The van der Waals surface area contributed by atoms with Gasteiger partial charge < -0.3 is 15.6 Å². The number of methoxy groups -OCH3 is 1. The molecule has 98 valence electrons. The number of carbonyl (C=O) groups is 1. The molecule has 5 heteroatoms. The Hall–Kier alpha value is -1.26. The van der Waals surface area contributed by atoms with E-state index in [1.165, 1.54) is 0 Å². The van der Waals surface area contributed by atoms with Crippen molar-refractivity contribution < 1.29 is 14.6 Å². The lowest BCUT2D eigenvalue weighted by Gasteiger charge is -2.15. The van der Waals surface area contributed by atoms with Gasteiger partial charge in [0.15, 0.2) is 0 Å². The summed E-state index contributed by atoms with van der Waals surface area (Å²) in [7, 11) is 1.59. The average Bonchev–Trinajstić information content (AvgIpc) is 3.10. The summed E-state index contributed by atoms with van der Waals surface area (Å²) in [5.74, 6) is 0.252. The molecule has 1 atom stereocenters. The van der Waals surface area contributed by atoms with Gasteiger partial charge in [-0.05, 0) is 36.5 Å². The molecule has 1 aromatic carbocycles. The number of hydrogen-bond acceptors (Lipinski definition) is 3. The van der Waals surface area contributed by atoms with Crippen molar-refractivity contribution >= 4 is 17.6 Å². The quantitative estimate of drug-likeness (QED) is 0.862. The SMILES string of the molecule is COc1cc(C(N)CC(=O)O)cc(Cl)c1C1CC1. The standard InChI is InChI=1S/C13H16ClNO3/c1-18-11-5-8(10(15)6-12(16)17)4-9(14)13(11)7-2-3-7/h4-5,7,10H,2-3,6,15H2,1H3,(H,16,17). The summed E-state index contributed by atoms with van der Waals surface area (Å²) in [6, 6.07) is 2.99. The second-order valence-electron chi connectivity index (χ2n) is 4.60. The van der Waals surface area contributed by atoms with E-state index in [2.05, 4.69) is 0 Å². The maximum Gasteiger partial charge on any atom is 0.305 e. The van der Waals surface area contributed by atoms with E-state index in [4.69, 9.17) is 27.2 Å². The van der Waals surface area contributed by atoms with Gasteiger partial charge in [-0.3, -0.25) is 4.79 Å². The topological polar surface area (TPSA) is 72.5 Å². The van der Waals surface area contributed by atoms with Gasteiger partial charge in [-0.2, -0.15) is 0 Å². The smallest absolute Gasteiger partial charge is 0.305 e. The molecule has 18 heavy (non-hydrogen) atoms. The molecule has 0 amide bonds. The summed E-state index contributed by atoms with van der Waals surface area (Å²) in [5.41, 5.74) is 7.55. The number of carboxylic acids is 1. The van der Waals surface area contributed by atoms with E-state index >= 15 is 0 Å². The molecule has 0 heterocycles. The molecule has 4 nitrogen and oxygen atoms in total. The molecular formula is C13H16ClNO3. The Labute approximate surface area is 111 Å². The van der Waals surface area contributed by atoms with E-state index in [1.54, 1.807) is 19.2 Å². The number of hydrogen-bond donors (Lipinski definition) is 2. The van der Waals surface area contributed by atoms with Crippen LogP contribution < -0.4 is 10.5 Å². The molecule has 1 unspecified atom stereocenters. The molecule has 1 saturated carbocycles. The minimum absolute atomic E-state index is 0.123. The molecule has 3 N–H and O–H groups in total. The second-order valence-corrected chi connectivity index (χ2v) is 5.00. The Kier molecular flexibility index (Phi) is 3.78. The van der Waals surface area contributed by atoms with E-state index < -0.39 is 12.0 Å². The molecule has 0 radical (unpaired) electrons. The summed E-state index contributed by atoms with van der Waals surface area (Å²) in [5, 5.41) is 9.37. The van der Waals surface area contributed by atoms with E-state index in [9.17, 15) is 4.79 Å². The molecule has 1 aliphatic carbocycles. The largest absolute Gasteiger partial charge is 0.496 e. The van der Waals surface area contributed by atoms with Crippen molar-refractivity contribution in [2.75, 3.05) is 7.11 Å². The van der Waals surface area contributed by atoms with Crippen molar-refractivity contribution in [2.45, 2.75) is 31.2 Å². The summed E-state index contributed by atoms with van der Waals surface area (Å²) in [6.45, 7) is 0. The van der Waals surface area contributed by atoms with Crippen LogP contribution >= 0.6 is 11.6 Å². The van der Waals surface area contributed by atoms with Crippen molar-refractivity contribution in [1.29, 1.82) is 0 Å². The molecule has 1 fully saturated rings. The molecule has 2 rings (SSSR count). The van der Waals surface area contributed by atoms with Gasteiger partial charge in [0.05, 0.1) is 13.5 Å². The zero-order chi connectivity index (χ0) is 13.3. The fourth-order valence-electron chi connectivity index (χ4n) is 2.07. The molecule has 1 aromatic rings. The van der Waals surface area contributed by atoms with Crippen LogP contribution in [0.1, 0.15) is 42.3 Å². The van der Waals surface area contributed by atoms with E-state index in [0.717, 1.165) is 18.4 Å². The van der Waals surface area contributed by atoms with Gasteiger partial charge in [-0.1, -0.05) is 11.6 Å². The second kappa shape index (κ2) is 5.16. The zero-order valence-electron chi connectivity index (χ0n) is 10.1. The van der Waals surface area contributed by atoms with Crippen LogP contribution in [0.15, 0.2) is 12.1 Å². The van der Waals surface area contributed by atoms with Gasteiger partial charge in [-0.15, -0.1) is 0 Å². The third kappa shape index (κ3) is 2.76. The van der Waals surface area contributed by atoms with Crippen molar-refractivity contribution in [3.8, 4) is 5.75 Å². The summed E-state index contributed by atoms with van der Waals surface area (Å²) < 4.78 is 5.34. The normalized spacial score (nSPS) is 16.4. The number of halogens is 1. The van der Waals surface area contributed by atoms with E-state index in [-0.39, 0.29) is 6.42 Å². The Morgan fingerprint density at radius 1 is 1.61 bits per heavy atom. The number of benzene rings is 1. The van der Waals surface area contributed by atoms with Crippen LogP contribution in [0.2, 0.25) is 5.02 Å². The lowest BCUT2D eigenvalue weighted by molar-refractivity contribution is -0.137. The molecule has 0 saturated heterocycles. The molecular weight excluding hydrogens is 254 g/mol. The van der Waals surface area contributed by atoms with Gasteiger partial charge >= 0.3 is 5.97 Å². The first kappa shape index (κ1) is 13.2. The predicted molar refractivity (Wildman–Crippen MR) is 69.2 cm³/mol. The first-order valence-electron chi connectivity index (χ1n) is 5.87. The van der Waals surface area contributed by atoms with Gasteiger partial charge in [0.25, 0.3) is 0 Å². The van der Waals surface area contributed by atoms with Gasteiger partial charge in [0.1, 0.15) is 5.75 Å².